The van der Waals surface area contributed by atoms with Crippen LogP contribution in [0.2, 0.25) is 0 Å². The van der Waals surface area contributed by atoms with E-state index in [9.17, 15) is 18.0 Å². The lowest BCUT2D eigenvalue weighted by molar-refractivity contribution is 0.0960. The first-order valence-corrected chi connectivity index (χ1v) is 10.4. The number of amides is 2. The molecule has 0 aliphatic rings. The zero-order valence-electron chi connectivity index (χ0n) is 16.4. The number of carbonyl (C=O) groups is 2. The Morgan fingerprint density at radius 2 is 1.57 bits per heavy atom. The summed E-state index contributed by atoms with van der Waals surface area (Å²) in [5.41, 5.74) is 1.96. The van der Waals surface area contributed by atoms with Gasteiger partial charge in [0.25, 0.3) is 11.8 Å². The average Bonchev–Trinajstić information content (AvgIpc) is 2.69. The van der Waals surface area contributed by atoms with Crippen molar-refractivity contribution >= 4 is 27.5 Å². The fraction of sp³-hybridized carbons (Fsp3) is 0.300. The molecular formula is C20H25N3O4S. The smallest absolute Gasteiger partial charge is 0.255 e. The number of benzene rings is 2. The molecular weight excluding hydrogens is 378 g/mol. The molecule has 0 radical (unpaired) electrons. The van der Waals surface area contributed by atoms with E-state index in [1.807, 2.05) is 0 Å². The minimum absolute atomic E-state index is 0.144. The van der Waals surface area contributed by atoms with Crippen LogP contribution in [0.5, 0.6) is 0 Å². The maximum absolute atomic E-state index is 12.6. The van der Waals surface area contributed by atoms with Crippen molar-refractivity contribution in [2.24, 2.45) is 0 Å². The molecule has 0 heterocycles. The largest absolute Gasteiger partial charge is 0.355 e. The quantitative estimate of drug-likeness (QED) is 0.743. The number of anilines is 1. The van der Waals surface area contributed by atoms with Crippen molar-refractivity contribution in [2.75, 3.05) is 25.5 Å². The second-order valence-electron chi connectivity index (χ2n) is 6.13. The van der Waals surface area contributed by atoms with E-state index in [1.165, 1.54) is 28.6 Å². The van der Waals surface area contributed by atoms with Crippen LogP contribution < -0.4 is 10.6 Å². The molecule has 2 aromatic carbocycles. The molecule has 0 fully saturated rings. The van der Waals surface area contributed by atoms with Crippen LogP contribution in [0.15, 0.2) is 47.4 Å². The Labute approximate surface area is 165 Å². The van der Waals surface area contributed by atoms with Crippen molar-refractivity contribution < 1.29 is 18.0 Å². The second-order valence-corrected chi connectivity index (χ2v) is 8.06. The number of hydrogen-bond donors (Lipinski definition) is 2. The third-order valence-corrected chi connectivity index (χ3v) is 6.58. The predicted molar refractivity (Wildman–Crippen MR) is 109 cm³/mol. The molecule has 2 aromatic rings. The summed E-state index contributed by atoms with van der Waals surface area (Å²) < 4.78 is 26.4. The molecule has 0 spiro atoms. The first-order chi connectivity index (χ1) is 13.3. The molecule has 0 saturated carbocycles. The Balaban J connectivity index is 2.24. The molecule has 0 bridgehead atoms. The SMILES string of the molecule is CCN(CC)S(=O)(=O)c1ccc(C(=O)Nc2cccc(C(=O)NC)c2C)cc1. The maximum atomic E-state index is 12.6. The van der Waals surface area contributed by atoms with Crippen LogP contribution in [0, 0.1) is 6.92 Å². The molecule has 2 amide bonds. The summed E-state index contributed by atoms with van der Waals surface area (Å²) >= 11 is 0. The minimum atomic E-state index is -3.57. The summed E-state index contributed by atoms with van der Waals surface area (Å²) in [5, 5.41) is 5.33. The fourth-order valence-electron chi connectivity index (χ4n) is 2.84. The van der Waals surface area contributed by atoms with Crippen molar-refractivity contribution in [3.8, 4) is 0 Å². The summed E-state index contributed by atoms with van der Waals surface area (Å²) in [6.07, 6.45) is 0. The first-order valence-electron chi connectivity index (χ1n) is 8.99. The van der Waals surface area contributed by atoms with Crippen molar-refractivity contribution in [3.63, 3.8) is 0 Å². The molecule has 150 valence electrons. The lowest BCUT2D eigenvalue weighted by atomic mass is 10.1. The van der Waals surface area contributed by atoms with Crippen molar-refractivity contribution in [1.82, 2.24) is 9.62 Å². The van der Waals surface area contributed by atoms with E-state index in [0.717, 1.165) is 0 Å². The molecule has 0 aliphatic heterocycles. The molecule has 0 saturated heterocycles. The number of hydrogen-bond acceptors (Lipinski definition) is 4. The van der Waals surface area contributed by atoms with Gasteiger partial charge in [0, 0.05) is 37.0 Å². The Bertz CT molecular complexity index is 965. The molecule has 2 N–H and O–H groups in total. The number of carbonyl (C=O) groups excluding carboxylic acids is 2. The Kier molecular flexibility index (Phi) is 6.93. The Hall–Kier alpha value is -2.71. The Morgan fingerprint density at radius 3 is 2.11 bits per heavy atom. The van der Waals surface area contributed by atoms with Gasteiger partial charge in [-0.15, -0.1) is 0 Å². The normalized spacial score (nSPS) is 11.3. The van der Waals surface area contributed by atoms with Gasteiger partial charge in [0.05, 0.1) is 4.90 Å². The van der Waals surface area contributed by atoms with Crippen LogP contribution in [0.25, 0.3) is 0 Å². The highest BCUT2D eigenvalue weighted by atomic mass is 32.2. The third-order valence-electron chi connectivity index (χ3n) is 4.51. The summed E-state index contributed by atoms with van der Waals surface area (Å²) in [7, 11) is -2.03. The molecule has 0 unspecified atom stereocenters. The van der Waals surface area contributed by atoms with Crippen molar-refractivity contribution in [1.29, 1.82) is 0 Å². The van der Waals surface area contributed by atoms with Crippen LogP contribution in [0.3, 0.4) is 0 Å². The average molecular weight is 404 g/mol. The Morgan fingerprint density at radius 1 is 0.964 bits per heavy atom. The van der Waals surface area contributed by atoms with Crippen LogP contribution in [0.4, 0.5) is 5.69 Å². The lowest BCUT2D eigenvalue weighted by Crippen LogP contribution is -2.30. The predicted octanol–water partition coefficient (Wildman–Crippen LogP) is 2.64. The highest BCUT2D eigenvalue weighted by Gasteiger charge is 2.22. The first kappa shape index (κ1) is 21.6. The summed E-state index contributed by atoms with van der Waals surface area (Å²) in [5.74, 6) is -0.622. The van der Waals surface area contributed by atoms with Gasteiger partial charge in [-0.1, -0.05) is 19.9 Å². The van der Waals surface area contributed by atoms with Crippen molar-refractivity contribution in [3.05, 3.63) is 59.2 Å². The highest BCUT2D eigenvalue weighted by molar-refractivity contribution is 7.89. The van der Waals surface area contributed by atoms with Crippen LogP contribution >= 0.6 is 0 Å². The molecule has 0 aliphatic carbocycles. The van der Waals surface area contributed by atoms with E-state index in [1.54, 1.807) is 46.0 Å². The van der Waals surface area contributed by atoms with Gasteiger partial charge in [-0.3, -0.25) is 9.59 Å². The topological polar surface area (TPSA) is 95.6 Å². The third kappa shape index (κ3) is 4.40. The molecule has 28 heavy (non-hydrogen) atoms. The second kappa shape index (κ2) is 8.99. The lowest BCUT2D eigenvalue weighted by Gasteiger charge is -2.18. The van der Waals surface area contributed by atoms with E-state index in [2.05, 4.69) is 10.6 Å². The summed E-state index contributed by atoms with van der Waals surface area (Å²) in [6, 6.07) is 10.9. The molecule has 2 rings (SSSR count). The van der Waals surface area contributed by atoms with E-state index in [-0.39, 0.29) is 16.7 Å². The van der Waals surface area contributed by atoms with E-state index >= 15 is 0 Å². The van der Waals surface area contributed by atoms with Gasteiger partial charge < -0.3 is 10.6 Å². The fourth-order valence-corrected chi connectivity index (χ4v) is 4.30. The van der Waals surface area contributed by atoms with Gasteiger partial charge in [0.2, 0.25) is 10.0 Å². The molecule has 7 nitrogen and oxygen atoms in total. The van der Waals surface area contributed by atoms with Crippen LogP contribution in [0.1, 0.15) is 40.1 Å². The van der Waals surface area contributed by atoms with Gasteiger partial charge >= 0.3 is 0 Å². The van der Waals surface area contributed by atoms with E-state index in [0.29, 0.717) is 35.5 Å². The maximum Gasteiger partial charge on any atom is 0.255 e. The summed E-state index contributed by atoms with van der Waals surface area (Å²) in [6.45, 7) is 6.06. The standard InChI is InChI=1S/C20H25N3O4S/c1-5-23(6-2)28(26,27)16-12-10-15(11-13-16)19(24)22-18-9-7-8-17(14(18)3)20(25)21-4/h7-13H,5-6H2,1-4H3,(H,21,25)(H,22,24). The van der Waals surface area contributed by atoms with E-state index < -0.39 is 10.0 Å². The monoisotopic (exact) mass is 403 g/mol. The van der Waals surface area contributed by atoms with Gasteiger partial charge in [0.15, 0.2) is 0 Å². The number of sulfonamides is 1. The number of rotatable bonds is 7. The zero-order chi connectivity index (χ0) is 20.9. The van der Waals surface area contributed by atoms with Crippen molar-refractivity contribution in [2.45, 2.75) is 25.7 Å². The van der Waals surface area contributed by atoms with Gasteiger partial charge in [-0.25, -0.2) is 8.42 Å². The van der Waals surface area contributed by atoms with Crippen LogP contribution in [-0.4, -0.2) is 44.7 Å². The minimum Gasteiger partial charge on any atom is -0.355 e. The number of nitrogens with zero attached hydrogens (tertiary/aromatic N) is 1. The van der Waals surface area contributed by atoms with E-state index in [4.69, 9.17) is 0 Å². The zero-order valence-corrected chi connectivity index (χ0v) is 17.3. The summed E-state index contributed by atoms with van der Waals surface area (Å²) in [4.78, 5) is 24.6. The number of nitrogens with one attached hydrogen (secondary N) is 2. The molecule has 0 atom stereocenters. The van der Waals surface area contributed by atoms with Gasteiger partial charge in [0.1, 0.15) is 0 Å². The van der Waals surface area contributed by atoms with Gasteiger partial charge in [-0.05, 0) is 48.9 Å². The molecule has 8 heteroatoms. The molecule has 0 aromatic heterocycles. The van der Waals surface area contributed by atoms with Crippen LogP contribution in [-0.2, 0) is 10.0 Å². The van der Waals surface area contributed by atoms with Gasteiger partial charge in [-0.2, -0.15) is 4.31 Å². The highest BCUT2D eigenvalue weighted by Crippen LogP contribution is 2.21.